The number of nitrogens with one attached hydrogen (secondary N) is 1. The molecule has 1 aliphatic carbocycles. The molecule has 2 N–H and O–H groups in total. The van der Waals surface area contributed by atoms with Crippen molar-refractivity contribution in [2.45, 2.75) is 58.6 Å². The Balaban J connectivity index is 1.46. The minimum atomic E-state index is -0.601. The van der Waals surface area contributed by atoms with Crippen molar-refractivity contribution in [1.82, 2.24) is 14.9 Å². The number of allylic oxidation sites excluding steroid dienone is 2. The Kier molecular flexibility index (Phi) is 7.51. The zero-order valence-electron chi connectivity index (χ0n) is 20.5. The number of aromatic amines is 1. The molecular weight excluding hydrogens is 462 g/mol. The molecule has 0 bridgehead atoms. The van der Waals surface area contributed by atoms with E-state index < -0.39 is 5.60 Å². The highest BCUT2D eigenvalue weighted by molar-refractivity contribution is 6.33. The number of hydrogen-bond donors (Lipinski definition) is 2. The molecule has 1 heterocycles. The zero-order chi connectivity index (χ0) is 25.0. The van der Waals surface area contributed by atoms with Gasteiger partial charge in [-0.3, -0.25) is 0 Å². The predicted molar refractivity (Wildman–Crippen MR) is 138 cm³/mol. The van der Waals surface area contributed by atoms with Gasteiger partial charge in [-0.1, -0.05) is 54.1 Å². The Bertz CT molecular complexity index is 1210. The second kappa shape index (κ2) is 10.6. The first-order chi connectivity index (χ1) is 16.7. The second-order valence-electron chi connectivity index (χ2n) is 9.91. The molecule has 1 aliphatic rings. The van der Waals surface area contributed by atoms with Crippen molar-refractivity contribution in [3.63, 3.8) is 0 Å². The minimum Gasteiger partial charge on any atom is -0.512 e. The maximum atomic E-state index is 13.0. The fraction of sp³-hybridized carbons (Fsp3) is 0.357. The van der Waals surface area contributed by atoms with E-state index >= 15 is 0 Å². The van der Waals surface area contributed by atoms with Gasteiger partial charge < -0.3 is 19.7 Å². The number of aromatic nitrogens is 2. The van der Waals surface area contributed by atoms with E-state index in [1.807, 2.05) is 69.3 Å². The van der Waals surface area contributed by atoms with Gasteiger partial charge in [0, 0.05) is 48.4 Å². The van der Waals surface area contributed by atoms with Crippen LogP contribution < -0.4 is 0 Å². The van der Waals surface area contributed by atoms with E-state index in [9.17, 15) is 9.90 Å². The Morgan fingerprint density at radius 2 is 1.91 bits per heavy atom. The first kappa shape index (κ1) is 24.9. The number of aliphatic hydroxyl groups is 1. The van der Waals surface area contributed by atoms with Gasteiger partial charge >= 0.3 is 6.09 Å². The molecule has 4 rings (SSSR count). The molecule has 7 heteroatoms. The second-order valence-corrected chi connectivity index (χ2v) is 10.3. The number of aliphatic hydroxyl groups excluding tert-OH is 1. The molecule has 6 nitrogen and oxygen atoms in total. The number of carbonyl (C=O) groups is 1. The van der Waals surface area contributed by atoms with Crippen LogP contribution in [0.25, 0.3) is 11.1 Å². The summed E-state index contributed by atoms with van der Waals surface area (Å²) in [7, 11) is 0. The third kappa shape index (κ3) is 7.12. The SMILES string of the molecule is CC(C)(C)OC(=O)N(CCc1ncc(CC(O)=C2CC2)[nH]1)Cc1ccc(-c2ccccc2)c(Cl)c1. The minimum absolute atomic E-state index is 0.365. The van der Waals surface area contributed by atoms with Gasteiger partial charge in [0.05, 0.1) is 5.76 Å². The van der Waals surface area contributed by atoms with Gasteiger partial charge in [-0.15, -0.1) is 0 Å². The molecule has 184 valence electrons. The topological polar surface area (TPSA) is 78.4 Å². The number of amides is 1. The molecule has 0 radical (unpaired) electrons. The summed E-state index contributed by atoms with van der Waals surface area (Å²) >= 11 is 6.60. The van der Waals surface area contributed by atoms with Crippen molar-refractivity contribution >= 4 is 17.7 Å². The van der Waals surface area contributed by atoms with Crippen LogP contribution in [-0.4, -0.2) is 38.2 Å². The van der Waals surface area contributed by atoms with Gasteiger partial charge in [0.25, 0.3) is 0 Å². The molecule has 0 atom stereocenters. The highest BCUT2D eigenvalue weighted by Gasteiger charge is 2.23. The van der Waals surface area contributed by atoms with Crippen molar-refractivity contribution in [1.29, 1.82) is 0 Å². The summed E-state index contributed by atoms with van der Waals surface area (Å²) in [5.41, 5.74) is 4.30. The highest BCUT2D eigenvalue weighted by atomic mass is 35.5. The fourth-order valence-electron chi connectivity index (χ4n) is 3.81. The van der Waals surface area contributed by atoms with Gasteiger partial charge in [-0.05, 0) is 56.4 Å². The molecule has 0 spiro atoms. The van der Waals surface area contributed by atoms with E-state index in [-0.39, 0.29) is 6.09 Å². The summed E-state index contributed by atoms with van der Waals surface area (Å²) < 4.78 is 5.66. The molecule has 3 aromatic rings. The summed E-state index contributed by atoms with van der Waals surface area (Å²) in [5.74, 6) is 1.20. The van der Waals surface area contributed by atoms with Gasteiger partial charge in [0.15, 0.2) is 0 Å². The zero-order valence-corrected chi connectivity index (χ0v) is 21.2. The van der Waals surface area contributed by atoms with E-state index in [1.165, 1.54) is 0 Å². The summed E-state index contributed by atoms with van der Waals surface area (Å²) in [5, 5.41) is 10.7. The third-order valence-electron chi connectivity index (χ3n) is 5.71. The number of rotatable bonds is 8. The smallest absolute Gasteiger partial charge is 0.410 e. The van der Waals surface area contributed by atoms with E-state index in [4.69, 9.17) is 16.3 Å². The van der Waals surface area contributed by atoms with Crippen LogP contribution in [0.4, 0.5) is 4.79 Å². The summed E-state index contributed by atoms with van der Waals surface area (Å²) in [6.45, 7) is 6.36. The van der Waals surface area contributed by atoms with Crippen molar-refractivity contribution in [2.24, 2.45) is 0 Å². The first-order valence-corrected chi connectivity index (χ1v) is 12.3. The summed E-state index contributed by atoms with van der Waals surface area (Å²) in [6, 6.07) is 15.9. The number of nitrogens with zero attached hydrogens (tertiary/aromatic N) is 2. The van der Waals surface area contributed by atoms with Crippen LogP contribution in [0.5, 0.6) is 0 Å². The molecule has 2 aromatic carbocycles. The highest BCUT2D eigenvalue weighted by Crippen LogP contribution is 2.31. The van der Waals surface area contributed by atoms with E-state index in [1.54, 1.807) is 11.1 Å². The molecule has 1 amide bonds. The van der Waals surface area contributed by atoms with Crippen LogP contribution in [0.1, 0.15) is 50.7 Å². The maximum absolute atomic E-state index is 13.0. The average molecular weight is 494 g/mol. The monoisotopic (exact) mass is 493 g/mol. The lowest BCUT2D eigenvalue weighted by atomic mass is 10.0. The van der Waals surface area contributed by atoms with Gasteiger partial charge in [0.2, 0.25) is 0 Å². The van der Waals surface area contributed by atoms with Crippen molar-refractivity contribution in [2.75, 3.05) is 6.54 Å². The number of H-pyrrole nitrogens is 1. The van der Waals surface area contributed by atoms with Crippen LogP contribution in [0, 0.1) is 0 Å². The molecule has 1 saturated carbocycles. The lowest BCUT2D eigenvalue weighted by molar-refractivity contribution is 0.0235. The number of halogens is 1. The van der Waals surface area contributed by atoms with Crippen molar-refractivity contribution < 1.29 is 14.6 Å². The van der Waals surface area contributed by atoms with Crippen LogP contribution in [-0.2, 0) is 24.1 Å². The number of hydrogen-bond acceptors (Lipinski definition) is 4. The largest absolute Gasteiger partial charge is 0.512 e. The Labute approximate surface area is 211 Å². The summed E-state index contributed by atoms with van der Waals surface area (Å²) in [6.07, 6.45) is 4.32. The number of benzene rings is 2. The molecule has 1 fully saturated rings. The van der Waals surface area contributed by atoms with Crippen molar-refractivity contribution in [3.05, 3.63) is 88.2 Å². The van der Waals surface area contributed by atoms with Crippen LogP contribution in [0.15, 0.2) is 66.1 Å². The van der Waals surface area contributed by atoms with Gasteiger partial charge in [-0.2, -0.15) is 0 Å². The lowest BCUT2D eigenvalue weighted by Gasteiger charge is -2.27. The molecular formula is C28H32ClN3O3. The van der Waals surface area contributed by atoms with Gasteiger partial charge in [0.1, 0.15) is 11.4 Å². The predicted octanol–water partition coefficient (Wildman–Crippen LogP) is 6.86. The standard InChI is InChI=1S/C28H32ClN3O3/c1-28(2,3)35-27(34)32(14-13-26-30-17-22(31-26)16-25(33)21-10-11-21)18-19-9-12-23(24(29)15-19)20-7-5-4-6-8-20/h4-9,12,15,17,33H,10-11,13-14,16,18H2,1-3H3,(H,30,31). The van der Waals surface area contributed by atoms with E-state index in [0.717, 1.165) is 46.6 Å². The average Bonchev–Trinajstić information content (AvgIpc) is 3.56. The lowest BCUT2D eigenvalue weighted by Crippen LogP contribution is -2.37. The van der Waals surface area contributed by atoms with Crippen LogP contribution in [0.2, 0.25) is 5.02 Å². The molecule has 1 aromatic heterocycles. The molecule has 0 unspecified atom stereocenters. The van der Waals surface area contributed by atoms with Crippen molar-refractivity contribution in [3.8, 4) is 11.1 Å². The van der Waals surface area contributed by atoms with Crippen LogP contribution in [0.3, 0.4) is 0 Å². The Hall–Kier alpha value is -3.25. The molecule has 0 saturated heterocycles. The summed E-state index contributed by atoms with van der Waals surface area (Å²) in [4.78, 5) is 22.4. The number of imidazole rings is 1. The Morgan fingerprint density at radius 1 is 1.17 bits per heavy atom. The quantitative estimate of drug-likeness (QED) is 0.336. The number of carbonyl (C=O) groups excluding carboxylic acids is 1. The number of ether oxygens (including phenoxy) is 1. The fourth-order valence-corrected chi connectivity index (χ4v) is 4.12. The van der Waals surface area contributed by atoms with Crippen LogP contribution >= 0.6 is 11.6 Å². The Morgan fingerprint density at radius 3 is 2.57 bits per heavy atom. The van der Waals surface area contributed by atoms with E-state index in [0.29, 0.717) is 36.7 Å². The van der Waals surface area contributed by atoms with Gasteiger partial charge in [-0.25, -0.2) is 9.78 Å². The molecule has 35 heavy (non-hydrogen) atoms. The molecule has 0 aliphatic heterocycles. The van der Waals surface area contributed by atoms with E-state index in [2.05, 4.69) is 9.97 Å². The maximum Gasteiger partial charge on any atom is 0.410 e. The normalized spacial score (nSPS) is 13.0. The first-order valence-electron chi connectivity index (χ1n) is 11.9. The third-order valence-corrected chi connectivity index (χ3v) is 6.02.